The summed E-state index contributed by atoms with van der Waals surface area (Å²) in [5.41, 5.74) is 1.21. The summed E-state index contributed by atoms with van der Waals surface area (Å²) in [6.07, 6.45) is 2.21. The van der Waals surface area contributed by atoms with Gasteiger partial charge in [0, 0.05) is 23.5 Å². The Hall–Kier alpha value is -2.48. The Morgan fingerprint density at radius 1 is 1.21 bits per heavy atom. The van der Waals surface area contributed by atoms with Crippen molar-refractivity contribution >= 4 is 27.6 Å². The zero-order valence-corrected chi connectivity index (χ0v) is 14.6. The van der Waals surface area contributed by atoms with Gasteiger partial charge in [0.15, 0.2) is 0 Å². The number of carbonyl (C=O) groups is 1. The van der Waals surface area contributed by atoms with Crippen molar-refractivity contribution in [1.29, 1.82) is 0 Å². The minimum Gasteiger partial charge on any atom is -0.326 e. The first-order valence-corrected chi connectivity index (χ1v) is 9.03. The largest absolute Gasteiger partial charge is 0.326 e. The second kappa shape index (κ2) is 7.39. The first kappa shape index (κ1) is 17.9. The van der Waals surface area contributed by atoms with E-state index in [1.165, 1.54) is 18.3 Å². The number of amides is 1. The van der Waals surface area contributed by atoms with Crippen LogP contribution in [0.2, 0.25) is 0 Å². The van der Waals surface area contributed by atoms with Crippen LogP contribution in [0.5, 0.6) is 0 Å². The molecule has 24 heavy (non-hydrogen) atoms. The number of aryl methyl sites for hydroxylation is 1. The number of benzene rings is 1. The normalized spacial score (nSPS) is 12.5. The molecular formula is C16H20N4O3S. The lowest BCUT2D eigenvalue weighted by Crippen LogP contribution is -2.19. The minimum absolute atomic E-state index is 0.0177. The van der Waals surface area contributed by atoms with E-state index in [-0.39, 0.29) is 22.7 Å². The highest BCUT2D eigenvalue weighted by Gasteiger charge is 2.16. The summed E-state index contributed by atoms with van der Waals surface area (Å²) in [6.45, 7) is 5.51. The molecule has 0 bridgehead atoms. The molecule has 0 aliphatic heterocycles. The molecule has 1 amide bonds. The molecule has 2 rings (SSSR count). The topological polar surface area (TPSA) is 101 Å². The van der Waals surface area contributed by atoms with Gasteiger partial charge < -0.3 is 5.32 Å². The van der Waals surface area contributed by atoms with Gasteiger partial charge in [-0.3, -0.25) is 4.79 Å². The third-order valence-corrected chi connectivity index (χ3v) is 4.86. The maximum atomic E-state index is 12.3. The van der Waals surface area contributed by atoms with E-state index < -0.39 is 10.0 Å². The van der Waals surface area contributed by atoms with Crippen LogP contribution in [0.15, 0.2) is 41.4 Å². The van der Waals surface area contributed by atoms with Gasteiger partial charge in [-0.2, -0.15) is 0 Å². The summed E-state index contributed by atoms with van der Waals surface area (Å²) in [5.74, 6) is -0.183. The van der Waals surface area contributed by atoms with E-state index in [0.29, 0.717) is 11.4 Å². The van der Waals surface area contributed by atoms with Crippen molar-refractivity contribution in [2.75, 3.05) is 10.0 Å². The van der Waals surface area contributed by atoms with E-state index in [1.54, 1.807) is 25.1 Å². The Morgan fingerprint density at radius 2 is 1.88 bits per heavy atom. The third-order valence-electron chi connectivity index (χ3n) is 3.51. The fraction of sp³-hybridized carbons (Fsp3) is 0.312. The molecule has 128 valence electrons. The van der Waals surface area contributed by atoms with Crippen LogP contribution in [0.25, 0.3) is 0 Å². The van der Waals surface area contributed by atoms with Crippen molar-refractivity contribution < 1.29 is 13.2 Å². The van der Waals surface area contributed by atoms with E-state index in [1.807, 2.05) is 13.8 Å². The first-order valence-electron chi connectivity index (χ1n) is 7.55. The summed E-state index contributed by atoms with van der Waals surface area (Å²) in [6, 6.07) is 7.61. The van der Waals surface area contributed by atoms with Gasteiger partial charge in [-0.05, 0) is 43.7 Å². The number of nitrogens with one attached hydrogen (secondary N) is 2. The summed E-state index contributed by atoms with van der Waals surface area (Å²) in [5, 5.41) is 2.75. The highest BCUT2D eigenvalue weighted by atomic mass is 32.2. The molecule has 0 aliphatic carbocycles. The quantitative estimate of drug-likeness (QED) is 0.835. The van der Waals surface area contributed by atoms with E-state index in [4.69, 9.17) is 0 Å². The van der Waals surface area contributed by atoms with E-state index in [9.17, 15) is 13.2 Å². The maximum absolute atomic E-state index is 12.3. The number of sulfonamides is 1. The SMILES string of the molecule is CCC(C)C(=O)Nc1ccc(S(=O)(=O)Nc2nccc(C)n2)cc1. The third kappa shape index (κ3) is 4.51. The smallest absolute Gasteiger partial charge is 0.264 e. The number of hydrogen-bond donors (Lipinski definition) is 2. The number of aromatic nitrogens is 2. The lowest BCUT2D eigenvalue weighted by atomic mass is 10.1. The average molecular weight is 348 g/mol. The van der Waals surface area contributed by atoms with Gasteiger partial charge in [0.05, 0.1) is 4.90 Å². The lowest BCUT2D eigenvalue weighted by Gasteiger charge is -2.11. The van der Waals surface area contributed by atoms with Crippen LogP contribution in [0.1, 0.15) is 26.0 Å². The molecule has 2 aromatic rings. The number of hydrogen-bond acceptors (Lipinski definition) is 5. The first-order chi connectivity index (χ1) is 11.3. The summed E-state index contributed by atoms with van der Waals surface area (Å²) < 4.78 is 27.0. The molecule has 1 heterocycles. The predicted molar refractivity (Wildman–Crippen MR) is 92.1 cm³/mol. The predicted octanol–water partition coefficient (Wildman–Crippen LogP) is 2.57. The van der Waals surface area contributed by atoms with E-state index in [2.05, 4.69) is 20.0 Å². The number of carbonyl (C=O) groups excluding carboxylic acids is 1. The molecule has 1 aromatic carbocycles. The molecule has 1 aromatic heterocycles. The van der Waals surface area contributed by atoms with Crippen LogP contribution in [-0.2, 0) is 14.8 Å². The molecule has 0 saturated heterocycles. The van der Waals surface area contributed by atoms with E-state index in [0.717, 1.165) is 6.42 Å². The molecule has 0 radical (unpaired) electrons. The molecule has 8 heteroatoms. The summed E-state index contributed by atoms with van der Waals surface area (Å²) >= 11 is 0. The summed E-state index contributed by atoms with van der Waals surface area (Å²) in [7, 11) is -3.78. The maximum Gasteiger partial charge on any atom is 0.264 e. The second-order valence-electron chi connectivity index (χ2n) is 5.45. The molecule has 0 aliphatic rings. The lowest BCUT2D eigenvalue weighted by molar-refractivity contribution is -0.119. The molecule has 0 fully saturated rings. The Labute approximate surface area is 141 Å². The van der Waals surface area contributed by atoms with Crippen molar-refractivity contribution in [3.8, 4) is 0 Å². The van der Waals surface area contributed by atoms with Crippen LogP contribution >= 0.6 is 0 Å². The van der Waals surface area contributed by atoms with Crippen LogP contribution in [0, 0.1) is 12.8 Å². The van der Waals surface area contributed by atoms with Gasteiger partial charge in [-0.1, -0.05) is 13.8 Å². The molecule has 7 nitrogen and oxygen atoms in total. The average Bonchev–Trinajstić information content (AvgIpc) is 2.54. The van der Waals surface area contributed by atoms with Crippen molar-refractivity contribution in [2.24, 2.45) is 5.92 Å². The van der Waals surface area contributed by atoms with Gasteiger partial charge >= 0.3 is 0 Å². The number of rotatable bonds is 6. The van der Waals surface area contributed by atoms with Crippen molar-refractivity contribution in [3.05, 3.63) is 42.2 Å². The zero-order valence-electron chi connectivity index (χ0n) is 13.8. The number of anilines is 2. The Morgan fingerprint density at radius 3 is 2.46 bits per heavy atom. The summed E-state index contributed by atoms with van der Waals surface area (Å²) in [4.78, 5) is 19.8. The molecule has 1 unspecified atom stereocenters. The minimum atomic E-state index is -3.78. The Balaban J connectivity index is 2.13. The molecular weight excluding hydrogens is 328 g/mol. The van der Waals surface area contributed by atoms with Crippen LogP contribution in [0.4, 0.5) is 11.6 Å². The van der Waals surface area contributed by atoms with Gasteiger partial charge in [0.25, 0.3) is 10.0 Å². The monoisotopic (exact) mass is 348 g/mol. The highest BCUT2D eigenvalue weighted by Crippen LogP contribution is 2.17. The fourth-order valence-corrected chi connectivity index (χ4v) is 2.80. The van der Waals surface area contributed by atoms with Crippen molar-refractivity contribution in [1.82, 2.24) is 9.97 Å². The molecule has 0 saturated carbocycles. The van der Waals surface area contributed by atoms with E-state index >= 15 is 0 Å². The van der Waals surface area contributed by atoms with Crippen molar-refractivity contribution in [2.45, 2.75) is 32.1 Å². The van der Waals surface area contributed by atoms with Crippen LogP contribution in [-0.4, -0.2) is 24.3 Å². The molecule has 2 N–H and O–H groups in total. The second-order valence-corrected chi connectivity index (χ2v) is 7.13. The highest BCUT2D eigenvalue weighted by molar-refractivity contribution is 7.92. The van der Waals surface area contributed by atoms with Gasteiger partial charge in [-0.25, -0.2) is 23.1 Å². The molecule has 1 atom stereocenters. The Bertz CT molecular complexity index is 819. The standard InChI is InChI=1S/C16H20N4O3S/c1-4-11(2)15(21)19-13-5-7-14(8-6-13)24(22,23)20-16-17-10-9-12(3)18-16/h5-11H,4H2,1-3H3,(H,19,21)(H,17,18,20). The Kier molecular flexibility index (Phi) is 5.50. The van der Waals surface area contributed by atoms with Crippen molar-refractivity contribution in [3.63, 3.8) is 0 Å². The van der Waals surface area contributed by atoms with Gasteiger partial charge in [0.1, 0.15) is 0 Å². The zero-order chi connectivity index (χ0) is 17.7. The van der Waals surface area contributed by atoms with Gasteiger partial charge in [0.2, 0.25) is 11.9 Å². The van der Waals surface area contributed by atoms with Crippen LogP contribution in [0.3, 0.4) is 0 Å². The van der Waals surface area contributed by atoms with Crippen LogP contribution < -0.4 is 10.0 Å². The fourth-order valence-electron chi connectivity index (χ4n) is 1.85. The number of nitrogens with zero attached hydrogens (tertiary/aromatic N) is 2. The molecule has 0 spiro atoms. The van der Waals surface area contributed by atoms with Gasteiger partial charge in [-0.15, -0.1) is 0 Å².